The van der Waals surface area contributed by atoms with E-state index in [1.165, 1.54) is 18.4 Å². The molecular weight excluding hydrogens is 468 g/mol. The second kappa shape index (κ2) is 12.2. The van der Waals surface area contributed by atoms with Gasteiger partial charge in [0.1, 0.15) is 15.9 Å². The van der Waals surface area contributed by atoms with Crippen LogP contribution >= 0.6 is 24.0 Å². The average Bonchev–Trinajstić information content (AvgIpc) is 3.29. The van der Waals surface area contributed by atoms with Crippen molar-refractivity contribution in [2.75, 3.05) is 24.9 Å². The van der Waals surface area contributed by atoms with Gasteiger partial charge in [0.15, 0.2) is 0 Å². The molecule has 0 fully saturated rings. The number of nitrogens with two attached hydrogens (primary N) is 1. The molecule has 0 aliphatic heterocycles. The lowest BCUT2D eigenvalue weighted by atomic mass is 9.97. The Hall–Kier alpha value is -2.14. The molecule has 1 aromatic carbocycles. The third kappa shape index (κ3) is 8.09. The quantitative estimate of drug-likeness (QED) is 0.250. The van der Waals surface area contributed by atoms with Crippen molar-refractivity contribution in [2.24, 2.45) is 5.73 Å². The van der Waals surface area contributed by atoms with E-state index < -0.39 is 27.8 Å². The Labute approximate surface area is 198 Å². The average molecular weight is 497 g/mol. The van der Waals surface area contributed by atoms with Crippen LogP contribution in [0.4, 0.5) is 0 Å². The zero-order valence-electron chi connectivity index (χ0n) is 18.0. The van der Waals surface area contributed by atoms with Crippen molar-refractivity contribution in [1.82, 2.24) is 5.32 Å². The second-order valence-corrected chi connectivity index (χ2v) is 10.7. The van der Waals surface area contributed by atoms with E-state index in [2.05, 4.69) is 17.9 Å². The van der Waals surface area contributed by atoms with Crippen LogP contribution in [-0.2, 0) is 25.8 Å². The van der Waals surface area contributed by atoms with Gasteiger partial charge in [-0.2, -0.15) is 24.0 Å². The van der Waals surface area contributed by atoms with Crippen LogP contribution < -0.4 is 11.1 Å². The number of ether oxygens (including phenoxy) is 1. The van der Waals surface area contributed by atoms with Crippen LogP contribution in [0.25, 0.3) is 11.1 Å². The van der Waals surface area contributed by atoms with Gasteiger partial charge in [0, 0.05) is 23.6 Å². The molecule has 0 saturated heterocycles. The van der Waals surface area contributed by atoms with Gasteiger partial charge in [-0.05, 0) is 52.4 Å². The Kier molecular flexibility index (Phi) is 9.95. The first-order valence-corrected chi connectivity index (χ1v) is 13.5. The molecule has 2 aromatic rings. The molecule has 0 saturated carbocycles. The molecule has 2 rings (SSSR count). The van der Waals surface area contributed by atoms with Crippen molar-refractivity contribution in [3.63, 3.8) is 0 Å². The highest BCUT2D eigenvalue weighted by Crippen LogP contribution is 2.27. The van der Waals surface area contributed by atoms with Crippen LogP contribution in [0.5, 0.6) is 0 Å². The van der Waals surface area contributed by atoms with Gasteiger partial charge in [0.05, 0.1) is 12.9 Å². The Morgan fingerprint density at radius 3 is 2.66 bits per heavy atom. The van der Waals surface area contributed by atoms with Crippen molar-refractivity contribution in [1.29, 1.82) is 0 Å². The van der Waals surface area contributed by atoms with E-state index in [-0.39, 0.29) is 18.2 Å². The van der Waals surface area contributed by atoms with Crippen molar-refractivity contribution in [3.8, 4) is 11.1 Å². The van der Waals surface area contributed by atoms with Crippen molar-refractivity contribution < 1.29 is 22.7 Å². The number of amides is 1. The minimum absolute atomic E-state index is 0.0743. The van der Waals surface area contributed by atoms with E-state index in [9.17, 15) is 18.0 Å². The molecule has 1 heterocycles. The summed E-state index contributed by atoms with van der Waals surface area (Å²) >= 11 is 5.66. The largest absolute Gasteiger partial charge is 0.467 e. The maximum Gasteiger partial charge on any atom is 0.328 e. The van der Waals surface area contributed by atoms with Crippen LogP contribution in [0, 0.1) is 0 Å². The van der Waals surface area contributed by atoms with Crippen LogP contribution in [0.15, 0.2) is 47.2 Å². The number of rotatable bonds is 11. The topological polar surface area (TPSA) is 116 Å². The molecule has 174 valence electrons. The summed E-state index contributed by atoms with van der Waals surface area (Å²) in [4.78, 5) is 25.3. The number of hydrogen-bond acceptors (Lipinski definition) is 8. The lowest BCUT2D eigenvalue weighted by Gasteiger charge is -2.18. The number of hydrogen-bond donors (Lipinski definition) is 3. The van der Waals surface area contributed by atoms with E-state index >= 15 is 0 Å². The van der Waals surface area contributed by atoms with Crippen molar-refractivity contribution in [3.05, 3.63) is 58.3 Å². The summed E-state index contributed by atoms with van der Waals surface area (Å²) in [7, 11) is -2.12. The number of benzene rings is 1. The highest BCUT2D eigenvalue weighted by molar-refractivity contribution is 7.90. The first kappa shape index (κ1) is 26.1. The van der Waals surface area contributed by atoms with Gasteiger partial charge in [-0.3, -0.25) is 4.79 Å². The highest BCUT2D eigenvalue weighted by Gasteiger charge is 2.25. The van der Waals surface area contributed by atoms with Crippen LogP contribution in [-0.4, -0.2) is 57.2 Å². The fourth-order valence-corrected chi connectivity index (χ4v) is 4.42. The highest BCUT2D eigenvalue weighted by atomic mass is 32.2. The van der Waals surface area contributed by atoms with Crippen LogP contribution in [0.3, 0.4) is 0 Å². The third-order valence-corrected chi connectivity index (χ3v) is 6.76. The summed E-state index contributed by atoms with van der Waals surface area (Å²) in [6.45, 7) is 0. The van der Waals surface area contributed by atoms with Crippen LogP contribution in [0.1, 0.15) is 22.3 Å². The summed E-state index contributed by atoms with van der Waals surface area (Å²) < 4.78 is 27.8. The minimum atomic E-state index is -3.31. The summed E-state index contributed by atoms with van der Waals surface area (Å²) in [6.07, 6.45) is 5.35. The number of thiol groups is 1. The first-order valence-electron chi connectivity index (χ1n) is 9.89. The first-order chi connectivity index (χ1) is 15.1. The maximum absolute atomic E-state index is 13.2. The number of methoxy groups -OCH3 is 1. The molecule has 32 heavy (non-hydrogen) atoms. The Morgan fingerprint density at radius 1 is 1.31 bits per heavy atom. The lowest BCUT2D eigenvalue weighted by Crippen LogP contribution is -2.42. The Bertz CT molecular complexity index is 1050. The predicted octanol–water partition coefficient (Wildman–Crippen LogP) is 2.48. The van der Waals surface area contributed by atoms with Gasteiger partial charge >= 0.3 is 5.97 Å². The number of thiophene rings is 1. The molecular formula is C22H28N2O5S3. The minimum Gasteiger partial charge on any atom is -0.467 e. The summed E-state index contributed by atoms with van der Waals surface area (Å²) in [6, 6.07) is 6.24. The number of allylic oxidation sites excluding steroid dienone is 1. The number of esters is 1. The lowest BCUT2D eigenvalue weighted by molar-refractivity contribution is -0.142. The number of sulfone groups is 1. The van der Waals surface area contributed by atoms with E-state index in [0.717, 1.165) is 22.9 Å². The van der Waals surface area contributed by atoms with Gasteiger partial charge in [-0.15, -0.1) is 0 Å². The van der Waals surface area contributed by atoms with E-state index in [4.69, 9.17) is 10.5 Å². The summed E-state index contributed by atoms with van der Waals surface area (Å²) in [5.41, 5.74) is 8.72. The Balaban J connectivity index is 2.33. The van der Waals surface area contributed by atoms with Gasteiger partial charge < -0.3 is 15.8 Å². The number of carbonyl (C=O) groups excluding carboxylic acids is 2. The molecule has 0 spiro atoms. The molecule has 2 atom stereocenters. The Morgan fingerprint density at radius 2 is 2.06 bits per heavy atom. The van der Waals surface area contributed by atoms with Crippen molar-refractivity contribution >= 4 is 45.7 Å². The van der Waals surface area contributed by atoms with Crippen molar-refractivity contribution in [2.45, 2.75) is 24.9 Å². The number of carbonyl (C=O) groups is 2. The van der Waals surface area contributed by atoms with E-state index in [0.29, 0.717) is 17.7 Å². The molecule has 3 N–H and O–H groups in total. The summed E-state index contributed by atoms with van der Waals surface area (Å²) in [5, 5.41) is 6.49. The third-order valence-electron chi connectivity index (χ3n) is 4.68. The fraction of sp³-hybridized carbons (Fsp3) is 0.364. The predicted molar refractivity (Wildman–Crippen MR) is 132 cm³/mol. The SMILES string of the molecule is COC(=O)C(CCS(C)(=O)=O)NC(=O)c1cc(C/C=C/C(N)CS)ccc1-c1ccsc1. The standard InChI is InChI=1S/C22H28N2O5S3/c1-29-22(26)20(9-11-32(2,27)28)24-21(25)19-12-15(4-3-5-17(23)13-30)6-7-18(19)16-8-10-31-14-16/h3,5-8,10,12,14,17,20,30H,4,9,11,13,23H2,1-2H3,(H,24,25)/b5-3+. The molecule has 7 nitrogen and oxygen atoms in total. The smallest absolute Gasteiger partial charge is 0.328 e. The van der Waals surface area contributed by atoms with Gasteiger partial charge in [-0.25, -0.2) is 13.2 Å². The molecule has 0 radical (unpaired) electrons. The molecule has 10 heteroatoms. The van der Waals surface area contributed by atoms with E-state index in [1.807, 2.05) is 41.1 Å². The normalized spacial score (nSPS) is 13.6. The monoisotopic (exact) mass is 496 g/mol. The van der Waals surface area contributed by atoms with Gasteiger partial charge in [0.25, 0.3) is 5.91 Å². The van der Waals surface area contributed by atoms with Gasteiger partial charge in [0.2, 0.25) is 0 Å². The molecule has 0 aliphatic carbocycles. The second-order valence-electron chi connectivity index (χ2n) is 7.34. The summed E-state index contributed by atoms with van der Waals surface area (Å²) in [5.74, 6) is -0.892. The zero-order valence-corrected chi connectivity index (χ0v) is 20.5. The molecule has 0 aliphatic rings. The zero-order chi connectivity index (χ0) is 23.7. The molecule has 1 aromatic heterocycles. The molecule has 2 unspecified atom stereocenters. The molecule has 1 amide bonds. The maximum atomic E-state index is 13.2. The van der Waals surface area contributed by atoms with Gasteiger partial charge in [-0.1, -0.05) is 24.3 Å². The molecule has 0 bridgehead atoms. The fourth-order valence-electron chi connectivity index (χ4n) is 2.97. The van der Waals surface area contributed by atoms with E-state index in [1.54, 1.807) is 6.07 Å². The van der Waals surface area contributed by atoms with Crippen LogP contribution in [0.2, 0.25) is 0 Å². The number of nitrogens with one attached hydrogen (secondary N) is 1.